The Hall–Kier alpha value is -0.0400. The Morgan fingerprint density at radius 3 is 2.33 bits per heavy atom. The molecule has 1 rings (SSSR count). The van der Waals surface area contributed by atoms with Gasteiger partial charge in [0.15, 0.2) is 0 Å². The highest BCUT2D eigenvalue weighted by Gasteiger charge is 2.28. The Balaban J connectivity index is 2.21. The Morgan fingerprint density at radius 2 is 2.00 bits per heavy atom. The molecule has 0 aromatic rings. The van der Waals surface area contributed by atoms with Gasteiger partial charge in [0.1, 0.15) is 0 Å². The lowest BCUT2D eigenvalue weighted by Crippen LogP contribution is -2.23. The van der Waals surface area contributed by atoms with Crippen LogP contribution in [0.1, 0.15) is 33.1 Å². The first-order valence-electron chi connectivity index (χ1n) is 3.84. The van der Waals surface area contributed by atoms with Crippen LogP contribution in [0.3, 0.4) is 0 Å². The molecule has 1 fully saturated rings. The molecule has 1 aliphatic rings. The maximum Gasteiger partial charge on any atom is -0.00257 e. The standard InChI is InChI=1S/C8H17N/c1-8(2,6-9)5-7-3-4-7/h7H,3-6,9H2,1-2H3. The van der Waals surface area contributed by atoms with Crippen LogP contribution < -0.4 is 5.73 Å². The van der Waals surface area contributed by atoms with E-state index in [1.165, 1.54) is 19.3 Å². The molecular weight excluding hydrogens is 110 g/mol. The van der Waals surface area contributed by atoms with E-state index >= 15 is 0 Å². The first kappa shape index (κ1) is 7.07. The molecule has 0 amide bonds. The van der Waals surface area contributed by atoms with Gasteiger partial charge in [0, 0.05) is 0 Å². The SMILES string of the molecule is CC(C)(CN)CC1CC1. The van der Waals surface area contributed by atoms with Crippen molar-refractivity contribution in [2.75, 3.05) is 6.54 Å². The minimum absolute atomic E-state index is 0.404. The lowest BCUT2D eigenvalue weighted by Gasteiger charge is -2.21. The van der Waals surface area contributed by atoms with Gasteiger partial charge in [0.25, 0.3) is 0 Å². The lowest BCUT2D eigenvalue weighted by molar-refractivity contribution is 0.327. The van der Waals surface area contributed by atoms with Crippen LogP contribution in [0.2, 0.25) is 0 Å². The second kappa shape index (κ2) is 2.30. The monoisotopic (exact) mass is 127 g/mol. The van der Waals surface area contributed by atoms with E-state index < -0.39 is 0 Å². The Bertz CT molecular complexity index is 92.7. The topological polar surface area (TPSA) is 26.0 Å². The van der Waals surface area contributed by atoms with Crippen LogP contribution in [-0.4, -0.2) is 6.54 Å². The molecule has 9 heavy (non-hydrogen) atoms. The Labute approximate surface area is 57.6 Å². The highest BCUT2D eigenvalue weighted by atomic mass is 14.6. The number of hydrogen-bond donors (Lipinski definition) is 1. The minimum Gasteiger partial charge on any atom is -0.330 e. The molecule has 0 atom stereocenters. The van der Waals surface area contributed by atoms with Crippen molar-refractivity contribution in [2.45, 2.75) is 33.1 Å². The van der Waals surface area contributed by atoms with Crippen molar-refractivity contribution in [1.82, 2.24) is 0 Å². The van der Waals surface area contributed by atoms with Crippen molar-refractivity contribution in [3.63, 3.8) is 0 Å². The molecule has 1 saturated carbocycles. The molecule has 0 aromatic heterocycles. The maximum atomic E-state index is 5.58. The third-order valence-electron chi connectivity index (χ3n) is 2.09. The number of hydrogen-bond acceptors (Lipinski definition) is 1. The van der Waals surface area contributed by atoms with Crippen LogP contribution >= 0.6 is 0 Å². The van der Waals surface area contributed by atoms with E-state index in [0.29, 0.717) is 5.41 Å². The van der Waals surface area contributed by atoms with Gasteiger partial charge in [0.05, 0.1) is 0 Å². The number of rotatable bonds is 3. The van der Waals surface area contributed by atoms with E-state index in [0.717, 1.165) is 12.5 Å². The maximum absolute atomic E-state index is 5.58. The molecule has 0 aliphatic heterocycles. The molecular formula is C8H17N. The summed E-state index contributed by atoms with van der Waals surface area (Å²) in [6.45, 7) is 5.35. The molecule has 1 heteroatoms. The van der Waals surface area contributed by atoms with E-state index in [1.54, 1.807) is 0 Å². The molecule has 0 aromatic carbocycles. The van der Waals surface area contributed by atoms with E-state index in [-0.39, 0.29) is 0 Å². The van der Waals surface area contributed by atoms with E-state index in [2.05, 4.69) is 13.8 Å². The summed E-state index contributed by atoms with van der Waals surface area (Å²) in [6.07, 6.45) is 4.23. The molecule has 0 radical (unpaired) electrons. The summed E-state index contributed by atoms with van der Waals surface area (Å²) < 4.78 is 0. The third kappa shape index (κ3) is 2.35. The first-order valence-corrected chi connectivity index (χ1v) is 3.84. The summed E-state index contributed by atoms with van der Waals surface area (Å²) in [4.78, 5) is 0. The van der Waals surface area contributed by atoms with Gasteiger partial charge in [-0.05, 0) is 24.3 Å². The van der Waals surface area contributed by atoms with Crippen LogP contribution in [0.5, 0.6) is 0 Å². The van der Waals surface area contributed by atoms with Gasteiger partial charge in [0.2, 0.25) is 0 Å². The average molecular weight is 127 g/mol. The van der Waals surface area contributed by atoms with Crippen LogP contribution in [-0.2, 0) is 0 Å². The molecule has 0 heterocycles. The van der Waals surface area contributed by atoms with Crippen molar-refractivity contribution in [3.05, 3.63) is 0 Å². The molecule has 0 spiro atoms. The minimum atomic E-state index is 0.404. The fourth-order valence-electron chi connectivity index (χ4n) is 1.19. The van der Waals surface area contributed by atoms with Crippen molar-refractivity contribution < 1.29 is 0 Å². The zero-order valence-electron chi connectivity index (χ0n) is 6.48. The summed E-state index contributed by atoms with van der Waals surface area (Å²) in [6, 6.07) is 0. The van der Waals surface area contributed by atoms with Crippen LogP contribution in [0, 0.1) is 11.3 Å². The van der Waals surface area contributed by atoms with E-state index in [1.807, 2.05) is 0 Å². The highest BCUT2D eigenvalue weighted by Crippen LogP contribution is 2.39. The average Bonchev–Trinajstić information content (AvgIpc) is 2.50. The fraction of sp³-hybridized carbons (Fsp3) is 1.00. The zero-order valence-corrected chi connectivity index (χ0v) is 6.48. The van der Waals surface area contributed by atoms with Crippen molar-refractivity contribution >= 4 is 0 Å². The van der Waals surface area contributed by atoms with E-state index in [9.17, 15) is 0 Å². The summed E-state index contributed by atoms with van der Waals surface area (Å²) in [7, 11) is 0. The third-order valence-corrected chi connectivity index (χ3v) is 2.09. The van der Waals surface area contributed by atoms with Gasteiger partial charge >= 0.3 is 0 Å². The van der Waals surface area contributed by atoms with Gasteiger partial charge in [-0.15, -0.1) is 0 Å². The van der Waals surface area contributed by atoms with Crippen molar-refractivity contribution in [2.24, 2.45) is 17.1 Å². The predicted molar refractivity (Wildman–Crippen MR) is 40.2 cm³/mol. The summed E-state index contributed by atoms with van der Waals surface area (Å²) in [5.74, 6) is 1.02. The smallest absolute Gasteiger partial charge is 0.00257 e. The molecule has 1 nitrogen and oxygen atoms in total. The first-order chi connectivity index (χ1) is 4.14. The quantitative estimate of drug-likeness (QED) is 0.614. The molecule has 0 bridgehead atoms. The summed E-state index contributed by atoms with van der Waals surface area (Å²) in [5.41, 5.74) is 5.99. The van der Waals surface area contributed by atoms with Gasteiger partial charge < -0.3 is 5.73 Å². The molecule has 0 saturated heterocycles. The predicted octanol–water partition coefficient (Wildman–Crippen LogP) is 1.77. The number of nitrogens with two attached hydrogens (primary N) is 1. The molecule has 1 aliphatic carbocycles. The largest absolute Gasteiger partial charge is 0.330 e. The highest BCUT2D eigenvalue weighted by molar-refractivity contribution is 4.81. The Morgan fingerprint density at radius 1 is 1.44 bits per heavy atom. The van der Waals surface area contributed by atoms with Gasteiger partial charge in [-0.3, -0.25) is 0 Å². The van der Waals surface area contributed by atoms with Crippen molar-refractivity contribution in [1.29, 1.82) is 0 Å². The fourth-order valence-corrected chi connectivity index (χ4v) is 1.19. The lowest BCUT2D eigenvalue weighted by atomic mass is 9.87. The van der Waals surface area contributed by atoms with Crippen LogP contribution in [0.25, 0.3) is 0 Å². The van der Waals surface area contributed by atoms with Crippen LogP contribution in [0.4, 0.5) is 0 Å². The second-order valence-corrected chi connectivity index (χ2v) is 4.02. The molecule has 54 valence electrons. The second-order valence-electron chi connectivity index (χ2n) is 4.02. The normalized spacial score (nSPS) is 20.3. The Kier molecular flexibility index (Phi) is 1.80. The van der Waals surface area contributed by atoms with Crippen LogP contribution in [0.15, 0.2) is 0 Å². The summed E-state index contributed by atoms with van der Waals surface area (Å²) in [5, 5.41) is 0. The zero-order chi connectivity index (χ0) is 6.91. The molecule has 0 unspecified atom stereocenters. The van der Waals surface area contributed by atoms with Crippen molar-refractivity contribution in [3.8, 4) is 0 Å². The van der Waals surface area contributed by atoms with Gasteiger partial charge in [-0.25, -0.2) is 0 Å². The molecule has 2 N–H and O–H groups in total. The summed E-state index contributed by atoms with van der Waals surface area (Å²) >= 11 is 0. The van der Waals surface area contributed by atoms with Gasteiger partial charge in [-0.2, -0.15) is 0 Å². The van der Waals surface area contributed by atoms with E-state index in [4.69, 9.17) is 5.73 Å². The van der Waals surface area contributed by atoms with Gasteiger partial charge in [-0.1, -0.05) is 26.7 Å².